The Balaban J connectivity index is 1.54. The Morgan fingerprint density at radius 3 is 2.71 bits per heavy atom. The molecule has 10 heteroatoms. The van der Waals surface area contributed by atoms with E-state index in [9.17, 15) is 5.11 Å². The summed E-state index contributed by atoms with van der Waals surface area (Å²) in [7, 11) is 0. The van der Waals surface area contributed by atoms with Crippen molar-refractivity contribution in [3.05, 3.63) is 34.8 Å². The second-order valence-electron chi connectivity index (χ2n) is 9.04. The fourth-order valence-corrected chi connectivity index (χ4v) is 4.21. The number of oxazole rings is 1. The van der Waals surface area contributed by atoms with Gasteiger partial charge in [-0.2, -0.15) is 4.98 Å². The molecule has 0 aliphatic heterocycles. The number of rotatable bonds is 12. The van der Waals surface area contributed by atoms with Crippen molar-refractivity contribution in [2.24, 2.45) is 4.99 Å². The van der Waals surface area contributed by atoms with Gasteiger partial charge in [0.15, 0.2) is 17.3 Å². The van der Waals surface area contributed by atoms with Crippen molar-refractivity contribution >= 4 is 34.8 Å². The third-order valence-corrected chi connectivity index (χ3v) is 6.40. The van der Waals surface area contributed by atoms with Crippen LogP contribution in [0.2, 0.25) is 0 Å². The van der Waals surface area contributed by atoms with Gasteiger partial charge in [0.2, 0.25) is 5.95 Å². The van der Waals surface area contributed by atoms with E-state index < -0.39 is 0 Å². The number of hydrogen-bond acceptors (Lipinski definition) is 10. The van der Waals surface area contributed by atoms with Crippen molar-refractivity contribution < 1.29 is 9.52 Å². The molecule has 4 rings (SSSR count). The molecule has 2 aromatic heterocycles. The summed E-state index contributed by atoms with van der Waals surface area (Å²) in [5, 5.41) is 13.1. The molecule has 1 aliphatic carbocycles. The van der Waals surface area contributed by atoms with Gasteiger partial charge in [-0.25, -0.2) is 9.97 Å². The van der Waals surface area contributed by atoms with E-state index in [1.54, 1.807) is 6.21 Å². The average Bonchev–Trinajstić information content (AvgIpc) is 3.20. The van der Waals surface area contributed by atoms with E-state index in [0.717, 1.165) is 48.2 Å². The first kappa shape index (κ1) is 24.9. The monoisotopic (exact) mass is 480 g/mol. The highest BCUT2D eigenvalue weighted by Gasteiger charge is 2.19. The topological polar surface area (TPSA) is 152 Å². The van der Waals surface area contributed by atoms with E-state index in [1.807, 2.05) is 11.8 Å². The van der Waals surface area contributed by atoms with Gasteiger partial charge in [0.1, 0.15) is 16.9 Å². The summed E-state index contributed by atoms with van der Waals surface area (Å²) in [6, 6.07) is 4.74. The second-order valence-corrected chi connectivity index (χ2v) is 9.04. The molecular formula is C25H36N8O2. The predicted octanol–water partition coefficient (Wildman–Crippen LogP) is 2.95. The van der Waals surface area contributed by atoms with Crippen LogP contribution in [0.5, 0.6) is 0 Å². The summed E-state index contributed by atoms with van der Waals surface area (Å²) in [5.41, 5.74) is 16.9. The van der Waals surface area contributed by atoms with Crippen molar-refractivity contribution in [1.82, 2.24) is 20.3 Å². The molecule has 1 aromatic carbocycles. The van der Waals surface area contributed by atoms with Gasteiger partial charge >= 0.3 is 0 Å². The molecule has 0 spiro atoms. The van der Waals surface area contributed by atoms with Crippen molar-refractivity contribution in [3.63, 3.8) is 0 Å². The van der Waals surface area contributed by atoms with Gasteiger partial charge in [-0.3, -0.25) is 4.99 Å². The van der Waals surface area contributed by atoms with Crippen LogP contribution in [0.15, 0.2) is 21.5 Å². The van der Waals surface area contributed by atoms with E-state index in [2.05, 4.69) is 44.3 Å². The zero-order chi connectivity index (χ0) is 24.8. The third kappa shape index (κ3) is 5.88. The Hall–Kier alpha value is -3.24. The molecule has 0 bridgehead atoms. The number of aryl methyl sites for hydroxylation is 1. The van der Waals surface area contributed by atoms with E-state index >= 15 is 0 Å². The lowest BCUT2D eigenvalue weighted by Gasteiger charge is -2.26. The zero-order valence-electron chi connectivity index (χ0n) is 20.6. The lowest BCUT2D eigenvalue weighted by Crippen LogP contribution is -2.34. The highest BCUT2D eigenvalue weighted by Crippen LogP contribution is 2.27. The summed E-state index contributed by atoms with van der Waals surface area (Å²) in [6.07, 6.45) is 7.36. The maximum atomic E-state index is 9.48. The molecule has 1 aliphatic rings. The van der Waals surface area contributed by atoms with Crippen LogP contribution in [0.1, 0.15) is 61.7 Å². The molecule has 0 saturated heterocycles. The van der Waals surface area contributed by atoms with Gasteiger partial charge in [0, 0.05) is 49.9 Å². The molecule has 0 atom stereocenters. The molecule has 188 valence electrons. The number of hydrogen-bond donors (Lipinski definition) is 4. The van der Waals surface area contributed by atoms with Gasteiger partial charge in [-0.05, 0) is 19.3 Å². The fourth-order valence-electron chi connectivity index (χ4n) is 4.21. The number of aromatic nitrogens is 3. The number of aliphatic hydroxyl groups is 1. The zero-order valence-corrected chi connectivity index (χ0v) is 20.6. The molecule has 0 amide bonds. The molecule has 1 saturated carbocycles. The summed E-state index contributed by atoms with van der Waals surface area (Å²) in [5.74, 6) is 1.28. The number of benzene rings is 1. The van der Waals surface area contributed by atoms with E-state index in [-0.39, 0.29) is 12.6 Å². The van der Waals surface area contributed by atoms with Gasteiger partial charge in [-0.15, -0.1) is 0 Å². The highest BCUT2D eigenvalue weighted by atomic mass is 16.3. The van der Waals surface area contributed by atoms with Crippen LogP contribution in [-0.2, 0) is 13.1 Å². The van der Waals surface area contributed by atoms with Gasteiger partial charge in [0.25, 0.3) is 0 Å². The van der Waals surface area contributed by atoms with Crippen LogP contribution >= 0.6 is 0 Å². The van der Waals surface area contributed by atoms with E-state index in [4.69, 9.17) is 15.9 Å². The highest BCUT2D eigenvalue weighted by molar-refractivity contribution is 5.89. The van der Waals surface area contributed by atoms with Crippen LogP contribution < -0.4 is 21.7 Å². The molecule has 35 heavy (non-hydrogen) atoms. The second kappa shape index (κ2) is 11.5. The van der Waals surface area contributed by atoms with Crippen LogP contribution in [-0.4, -0.2) is 52.0 Å². The largest absolute Gasteiger partial charge is 0.441 e. The molecule has 3 aromatic rings. The molecule has 0 unspecified atom stereocenters. The van der Waals surface area contributed by atoms with Crippen LogP contribution in [0.4, 0.5) is 17.5 Å². The van der Waals surface area contributed by atoms with Crippen LogP contribution in [0, 0.1) is 6.92 Å². The van der Waals surface area contributed by atoms with Crippen LogP contribution in [0.3, 0.4) is 0 Å². The molecule has 10 nitrogen and oxygen atoms in total. The summed E-state index contributed by atoms with van der Waals surface area (Å²) in [4.78, 5) is 19.8. The Bertz CT molecular complexity index is 1170. The average molecular weight is 481 g/mol. The molecular weight excluding hydrogens is 444 g/mol. The fraction of sp³-hybridized carbons (Fsp3) is 0.520. The van der Waals surface area contributed by atoms with Crippen molar-refractivity contribution in [2.75, 3.05) is 36.1 Å². The standard InChI is InChI=1S/C25H36N8O2/c1-3-4-10-33(11-12-34)24-21(26)20(31-25(27)32-24)15-28-13-17-8-9-18(14-29-19-6-5-7-19)23-22(17)30-16(2)35-23/h8-9,15,19,29,34H,3-7,10-14,26H2,1-2H3,(H2,27,31,32). The number of nitrogens with one attached hydrogen (secondary N) is 1. The van der Waals surface area contributed by atoms with Gasteiger partial charge in [0.05, 0.1) is 13.2 Å². The first-order valence-corrected chi connectivity index (χ1v) is 12.4. The molecule has 0 radical (unpaired) electrons. The van der Waals surface area contributed by atoms with Gasteiger partial charge in [-0.1, -0.05) is 31.9 Å². The maximum absolute atomic E-state index is 9.48. The van der Waals surface area contributed by atoms with Gasteiger partial charge < -0.3 is 31.2 Å². The summed E-state index contributed by atoms with van der Waals surface area (Å²) >= 11 is 0. The minimum atomic E-state index is -0.00419. The SMILES string of the molecule is CCCCN(CCO)c1nc(N)nc(C=NCc2ccc(CNC3CCC3)c3oc(C)nc23)c1N. The minimum absolute atomic E-state index is 0.00419. The number of aliphatic hydroxyl groups excluding tert-OH is 1. The van der Waals surface area contributed by atoms with Crippen molar-refractivity contribution in [2.45, 2.75) is 65.1 Å². The number of fused-ring (bicyclic) bond motifs is 1. The number of nitrogen functional groups attached to an aromatic ring is 2. The lowest BCUT2D eigenvalue weighted by molar-refractivity contribution is 0.301. The Morgan fingerprint density at radius 2 is 2.00 bits per heavy atom. The number of anilines is 3. The molecule has 1 fully saturated rings. The number of unbranched alkanes of at least 4 members (excludes halogenated alkanes) is 1. The lowest BCUT2D eigenvalue weighted by atomic mass is 9.93. The van der Waals surface area contributed by atoms with E-state index in [1.165, 1.54) is 19.3 Å². The van der Waals surface area contributed by atoms with E-state index in [0.29, 0.717) is 42.2 Å². The number of nitrogens with zero attached hydrogens (tertiary/aromatic N) is 5. The molecule has 6 N–H and O–H groups in total. The Morgan fingerprint density at radius 1 is 1.20 bits per heavy atom. The predicted molar refractivity (Wildman–Crippen MR) is 140 cm³/mol. The number of nitrogens with two attached hydrogens (primary N) is 2. The maximum Gasteiger partial charge on any atom is 0.222 e. The van der Waals surface area contributed by atoms with Crippen LogP contribution in [0.25, 0.3) is 11.1 Å². The number of aliphatic imine (C=N–C) groups is 1. The summed E-state index contributed by atoms with van der Waals surface area (Å²) in [6.45, 7) is 6.27. The van der Waals surface area contributed by atoms with Crippen molar-refractivity contribution in [1.29, 1.82) is 0 Å². The Labute approximate surface area is 205 Å². The normalized spacial score (nSPS) is 14.1. The first-order valence-electron chi connectivity index (χ1n) is 12.4. The first-order chi connectivity index (χ1) is 17.0. The van der Waals surface area contributed by atoms with Crippen molar-refractivity contribution in [3.8, 4) is 0 Å². The molecule has 2 heterocycles. The Kier molecular flexibility index (Phi) is 8.14. The minimum Gasteiger partial charge on any atom is -0.441 e. The quantitative estimate of drug-likeness (QED) is 0.287. The smallest absolute Gasteiger partial charge is 0.222 e. The third-order valence-electron chi connectivity index (χ3n) is 6.40. The summed E-state index contributed by atoms with van der Waals surface area (Å²) < 4.78 is 5.93.